The molecule has 0 spiro atoms. The van der Waals surface area contributed by atoms with E-state index in [1.54, 1.807) is 42.6 Å². The number of carboxylic acids is 2. The first-order valence-electron chi connectivity index (χ1n) is 12.9. The third kappa shape index (κ3) is 8.88. The fourth-order valence-electron chi connectivity index (χ4n) is 4.22. The van der Waals surface area contributed by atoms with Crippen LogP contribution in [0.15, 0.2) is 60.8 Å². The standard InChI is InChI=1S/C28H33N5O8/c29-19(15-34)25(37)31-21(10-11-24(35)36)26(38)32-22(13-17-14-30-20-9-5-4-8-18(17)20)27(39)33-23(28(40)41)12-16-6-2-1-3-7-16/h1-9,14,19,21-23,30,34H,10-13,15,29H2,(H,31,37)(H,32,38)(H,33,39)(H,35,36)(H,40,41). The molecule has 1 heterocycles. The molecule has 4 unspecified atom stereocenters. The number of aliphatic hydroxyl groups excluding tert-OH is 1. The lowest BCUT2D eigenvalue weighted by Gasteiger charge is -2.25. The molecule has 0 bridgehead atoms. The molecule has 3 rings (SSSR count). The van der Waals surface area contributed by atoms with Crippen molar-refractivity contribution in [3.63, 3.8) is 0 Å². The molecule has 13 heteroatoms. The number of rotatable bonds is 15. The molecular formula is C28H33N5O8. The highest BCUT2D eigenvalue weighted by molar-refractivity contribution is 5.95. The summed E-state index contributed by atoms with van der Waals surface area (Å²) in [5, 5.41) is 36.2. The van der Waals surface area contributed by atoms with E-state index in [1.807, 2.05) is 18.2 Å². The van der Waals surface area contributed by atoms with E-state index in [2.05, 4.69) is 20.9 Å². The number of hydrogen-bond donors (Lipinski definition) is 8. The van der Waals surface area contributed by atoms with Gasteiger partial charge in [-0.1, -0.05) is 48.5 Å². The first-order chi connectivity index (χ1) is 19.6. The number of aliphatic carboxylic acids is 2. The van der Waals surface area contributed by atoms with E-state index in [0.717, 1.165) is 10.9 Å². The van der Waals surface area contributed by atoms with Gasteiger partial charge in [-0.05, 0) is 23.6 Å². The summed E-state index contributed by atoms with van der Waals surface area (Å²) in [6, 6.07) is 10.6. The van der Waals surface area contributed by atoms with Crippen molar-refractivity contribution in [3.05, 3.63) is 71.9 Å². The van der Waals surface area contributed by atoms with E-state index in [9.17, 15) is 34.2 Å². The minimum Gasteiger partial charge on any atom is -0.481 e. The minimum atomic E-state index is -1.39. The maximum atomic E-state index is 13.5. The number of carbonyl (C=O) groups is 5. The van der Waals surface area contributed by atoms with Crippen molar-refractivity contribution in [1.29, 1.82) is 0 Å². The molecule has 0 radical (unpaired) electrons. The highest BCUT2D eigenvalue weighted by Crippen LogP contribution is 2.19. The number of nitrogens with two attached hydrogens (primary N) is 1. The van der Waals surface area contributed by atoms with Gasteiger partial charge in [0.15, 0.2) is 0 Å². The number of carboxylic acid groups (broad SMARTS) is 2. The van der Waals surface area contributed by atoms with Crippen LogP contribution in [-0.2, 0) is 36.8 Å². The summed E-state index contributed by atoms with van der Waals surface area (Å²) >= 11 is 0. The van der Waals surface area contributed by atoms with Gasteiger partial charge in [-0.15, -0.1) is 0 Å². The molecule has 0 aliphatic heterocycles. The number of aromatic nitrogens is 1. The zero-order valence-electron chi connectivity index (χ0n) is 22.1. The number of H-pyrrole nitrogens is 1. The molecule has 3 aromatic rings. The number of carbonyl (C=O) groups excluding carboxylic acids is 3. The smallest absolute Gasteiger partial charge is 0.326 e. The number of benzene rings is 2. The highest BCUT2D eigenvalue weighted by Gasteiger charge is 2.31. The van der Waals surface area contributed by atoms with Crippen molar-refractivity contribution in [2.24, 2.45) is 5.73 Å². The molecule has 0 fully saturated rings. The lowest BCUT2D eigenvalue weighted by atomic mass is 10.0. The summed E-state index contributed by atoms with van der Waals surface area (Å²) in [6.07, 6.45) is 0.809. The van der Waals surface area contributed by atoms with Crippen molar-refractivity contribution in [2.75, 3.05) is 6.61 Å². The Morgan fingerprint density at radius 1 is 0.780 bits per heavy atom. The number of amides is 3. The molecule has 0 aliphatic carbocycles. The molecule has 9 N–H and O–H groups in total. The van der Waals surface area contributed by atoms with Crippen LogP contribution in [-0.4, -0.2) is 80.7 Å². The first-order valence-corrected chi connectivity index (χ1v) is 12.9. The van der Waals surface area contributed by atoms with Crippen LogP contribution in [0.3, 0.4) is 0 Å². The average molecular weight is 568 g/mol. The van der Waals surface area contributed by atoms with E-state index in [0.29, 0.717) is 11.1 Å². The monoisotopic (exact) mass is 567 g/mol. The van der Waals surface area contributed by atoms with Crippen LogP contribution in [0.4, 0.5) is 0 Å². The number of aromatic amines is 1. The summed E-state index contributed by atoms with van der Waals surface area (Å²) in [7, 11) is 0. The van der Waals surface area contributed by atoms with E-state index in [4.69, 9.17) is 10.8 Å². The number of fused-ring (bicyclic) bond motifs is 1. The Bertz CT molecular complexity index is 1380. The van der Waals surface area contributed by atoms with Gasteiger partial charge < -0.3 is 42.0 Å². The summed E-state index contributed by atoms with van der Waals surface area (Å²) in [6.45, 7) is -0.706. The summed E-state index contributed by atoms with van der Waals surface area (Å²) < 4.78 is 0. The Morgan fingerprint density at radius 2 is 1.39 bits per heavy atom. The number of aliphatic hydroxyl groups is 1. The van der Waals surface area contributed by atoms with Crippen LogP contribution >= 0.6 is 0 Å². The fraction of sp³-hybridized carbons (Fsp3) is 0.321. The van der Waals surface area contributed by atoms with Crippen LogP contribution < -0.4 is 21.7 Å². The second-order valence-electron chi connectivity index (χ2n) is 9.50. The van der Waals surface area contributed by atoms with Gasteiger partial charge in [-0.25, -0.2) is 4.79 Å². The predicted molar refractivity (Wildman–Crippen MR) is 148 cm³/mol. The van der Waals surface area contributed by atoms with Crippen molar-refractivity contribution in [3.8, 4) is 0 Å². The maximum absolute atomic E-state index is 13.5. The van der Waals surface area contributed by atoms with Crippen LogP contribution in [0.2, 0.25) is 0 Å². The molecule has 0 saturated heterocycles. The molecule has 0 aliphatic rings. The van der Waals surface area contributed by atoms with Gasteiger partial charge in [0.2, 0.25) is 17.7 Å². The van der Waals surface area contributed by atoms with Gasteiger partial charge in [0.05, 0.1) is 6.61 Å². The number of para-hydroxylation sites is 1. The third-order valence-electron chi connectivity index (χ3n) is 6.44. The number of hydrogen-bond acceptors (Lipinski definition) is 7. The van der Waals surface area contributed by atoms with E-state index < -0.39 is 66.9 Å². The molecule has 41 heavy (non-hydrogen) atoms. The molecule has 2 aromatic carbocycles. The Kier molecular flexibility index (Phi) is 11.0. The van der Waals surface area contributed by atoms with Crippen LogP contribution in [0.5, 0.6) is 0 Å². The second kappa shape index (κ2) is 14.6. The van der Waals surface area contributed by atoms with E-state index >= 15 is 0 Å². The summed E-state index contributed by atoms with van der Waals surface area (Å²) in [5.74, 6) is -5.04. The first kappa shape index (κ1) is 30.8. The lowest BCUT2D eigenvalue weighted by Crippen LogP contribution is -2.58. The molecule has 13 nitrogen and oxygen atoms in total. The molecule has 218 valence electrons. The molecule has 4 atom stereocenters. The van der Waals surface area contributed by atoms with E-state index in [-0.39, 0.29) is 19.3 Å². The van der Waals surface area contributed by atoms with Gasteiger partial charge >= 0.3 is 11.9 Å². The lowest BCUT2D eigenvalue weighted by molar-refractivity contribution is -0.142. The molecule has 3 amide bonds. The Labute approximate surface area is 235 Å². The van der Waals surface area contributed by atoms with Crippen LogP contribution in [0.25, 0.3) is 10.9 Å². The highest BCUT2D eigenvalue weighted by atomic mass is 16.4. The minimum absolute atomic E-state index is 0.00793. The Morgan fingerprint density at radius 3 is 2.05 bits per heavy atom. The third-order valence-corrected chi connectivity index (χ3v) is 6.44. The average Bonchev–Trinajstić information content (AvgIpc) is 3.36. The van der Waals surface area contributed by atoms with Gasteiger partial charge in [0.25, 0.3) is 0 Å². The van der Waals surface area contributed by atoms with Crippen molar-refractivity contribution in [2.45, 2.75) is 49.9 Å². The zero-order chi connectivity index (χ0) is 29.9. The molecule has 1 aromatic heterocycles. The predicted octanol–water partition coefficient (Wildman–Crippen LogP) is -0.323. The van der Waals surface area contributed by atoms with Crippen molar-refractivity contribution in [1.82, 2.24) is 20.9 Å². The second-order valence-corrected chi connectivity index (χ2v) is 9.50. The molecular weight excluding hydrogens is 534 g/mol. The van der Waals surface area contributed by atoms with E-state index in [1.165, 1.54) is 0 Å². The Hall–Kier alpha value is -4.75. The van der Waals surface area contributed by atoms with Crippen molar-refractivity contribution < 1.29 is 39.3 Å². The van der Waals surface area contributed by atoms with Crippen LogP contribution in [0, 0.1) is 0 Å². The Balaban J connectivity index is 1.87. The molecule has 0 saturated carbocycles. The maximum Gasteiger partial charge on any atom is 0.326 e. The quantitative estimate of drug-likeness (QED) is 0.120. The largest absolute Gasteiger partial charge is 0.481 e. The topological polar surface area (TPSA) is 224 Å². The SMILES string of the molecule is NC(CO)C(=O)NC(CCC(=O)O)C(=O)NC(Cc1c[nH]c2ccccc12)C(=O)NC(Cc1ccccc1)C(=O)O. The van der Waals surface area contributed by atoms with Crippen LogP contribution in [0.1, 0.15) is 24.0 Å². The van der Waals surface area contributed by atoms with Gasteiger partial charge in [0.1, 0.15) is 24.2 Å². The van der Waals surface area contributed by atoms with Gasteiger partial charge in [0, 0.05) is 36.4 Å². The number of nitrogens with one attached hydrogen (secondary N) is 4. The van der Waals surface area contributed by atoms with Crippen molar-refractivity contribution >= 4 is 40.6 Å². The summed E-state index contributed by atoms with van der Waals surface area (Å²) in [5.41, 5.74) is 7.64. The fourth-order valence-corrected chi connectivity index (χ4v) is 4.22. The zero-order valence-corrected chi connectivity index (χ0v) is 22.1. The summed E-state index contributed by atoms with van der Waals surface area (Å²) in [4.78, 5) is 65.3. The van der Waals surface area contributed by atoms with Gasteiger partial charge in [-0.2, -0.15) is 0 Å². The van der Waals surface area contributed by atoms with Gasteiger partial charge in [-0.3, -0.25) is 19.2 Å². The normalized spacial score (nSPS) is 13.9.